The molecular weight excluding hydrogens is 321 g/mol. The molecule has 3 aromatic rings. The van der Waals surface area contributed by atoms with Gasteiger partial charge < -0.3 is 10.3 Å². The van der Waals surface area contributed by atoms with Crippen LogP contribution >= 0.6 is 0 Å². The molecule has 7 nitrogen and oxygen atoms in total. The minimum absolute atomic E-state index is 0.348. The number of aromatic amines is 1. The number of aromatic nitrogens is 5. The largest absolute Gasteiger partial charge is 0.347 e. The SMILES string of the molecule is Fc1ccnc(Nc2nccc([C@@H]3CCN(Cc4cnc[nH]4)C3)n2)c1. The molecule has 0 amide bonds. The number of H-pyrrole nitrogens is 1. The Bertz CT molecular complexity index is 837. The number of hydrogen-bond acceptors (Lipinski definition) is 6. The van der Waals surface area contributed by atoms with Gasteiger partial charge in [-0.25, -0.2) is 24.3 Å². The van der Waals surface area contributed by atoms with Crippen LogP contribution in [0, 0.1) is 5.82 Å². The molecule has 4 rings (SSSR count). The fourth-order valence-corrected chi connectivity index (χ4v) is 3.08. The fourth-order valence-electron chi connectivity index (χ4n) is 3.08. The van der Waals surface area contributed by atoms with Gasteiger partial charge in [-0.2, -0.15) is 0 Å². The summed E-state index contributed by atoms with van der Waals surface area (Å²) >= 11 is 0. The van der Waals surface area contributed by atoms with Crippen molar-refractivity contribution in [1.82, 2.24) is 29.8 Å². The molecule has 0 bridgehead atoms. The molecule has 0 saturated carbocycles. The van der Waals surface area contributed by atoms with Gasteiger partial charge in [0.25, 0.3) is 0 Å². The van der Waals surface area contributed by atoms with Crippen molar-refractivity contribution in [3.8, 4) is 0 Å². The highest BCUT2D eigenvalue weighted by Gasteiger charge is 2.25. The molecule has 25 heavy (non-hydrogen) atoms. The highest BCUT2D eigenvalue weighted by Crippen LogP contribution is 2.27. The van der Waals surface area contributed by atoms with Crippen molar-refractivity contribution in [2.75, 3.05) is 18.4 Å². The molecule has 1 aliphatic heterocycles. The molecule has 1 atom stereocenters. The first-order valence-electron chi connectivity index (χ1n) is 8.17. The summed E-state index contributed by atoms with van der Waals surface area (Å²) in [5, 5.41) is 2.96. The maximum Gasteiger partial charge on any atom is 0.228 e. The summed E-state index contributed by atoms with van der Waals surface area (Å²) in [5.74, 6) is 0.831. The number of nitrogens with one attached hydrogen (secondary N) is 2. The second-order valence-corrected chi connectivity index (χ2v) is 6.09. The maximum absolute atomic E-state index is 13.3. The molecule has 1 saturated heterocycles. The van der Waals surface area contributed by atoms with Gasteiger partial charge >= 0.3 is 0 Å². The van der Waals surface area contributed by atoms with E-state index < -0.39 is 0 Å². The van der Waals surface area contributed by atoms with E-state index in [4.69, 9.17) is 0 Å². The number of likely N-dealkylation sites (tertiary alicyclic amines) is 1. The minimum Gasteiger partial charge on any atom is -0.347 e. The van der Waals surface area contributed by atoms with Gasteiger partial charge in [-0.05, 0) is 25.1 Å². The molecule has 0 aliphatic carbocycles. The van der Waals surface area contributed by atoms with Gasteiger partial charge in [0, 0.05) is 49.4 Å². The molecule has 1 fully saturated rings. The Hall–Kier alpha value is -2.87. The Morgan fingerprint density at radius 1 is 1.28 bits per heavy atom. The number of rotatable bonds is 5. The topological polar surface area (TPSA) is 82.6 Å². The van der Waals surface area contributed by atoms with Gasteiger partial charge in [-0.1, -0.05) is 0 Å². The molecule has 3 aromatic heterocycles. The van der Waals surface area contributed by atoms with Crippen molar-refractivity contribution in [3.63, 3.8) is 0 Å². The molecular formula is C17H18FN7. The van der Waals surface area contributed by atoms with E-state index >= 15 is 0 Å². The number of imidazole rings is 1. The average molecular weight is 339 g/mol. The Labute approximate surface area is 144 Å². The standard InChI is InChI=1S/C17H18FN7/c18-13-1-4-20-16(7-13)24-17-21-5-2-15(23-17)12-3-6-25(9-12)10-14-8-19-11-22-14/h1-2,4-5,7-8,11-12H,3,6,9-10H2,(H,19,22)(H,20,21,23,24)/t12-/m1/s1. The van der Waals surface area contributed by atoms with Gasteiger partial charge in [0.2, 0.25) is 5.95 Å². The van der Waals surface area contributed by atoms with Gasteiger partial charge in [-0.3, -0.25) is 4.90 Å². The fraction of sp³-hybridized carbons (Fsp3) is 0.294. The van der Waals surface area contributed by atoms with Crippen molar-refractivity contribution in [1.29, 1.82) is 0 Å². The van der Waals surface area contributed by atoms with Crippen molar-refractivity contribution in [3.05, 3.63) is 60.3 Å². The van der Waals surface area contributed by atoms with Gasteiger partial charge in [0.05, 0.1) is 12.0 Å². The van der Waals surface area contributed by atoms with E-state index in [2.05, 4.69) is 35.1 Å². The van der Waals surface area contributed by atoms with E-state index in [0.29, 0.717) is 17.7 Å². The van der Waals surface area contributed by atoms with E-state index in [0.717, 1.165) is 37.4 Å². The van der Waals surface area contributed by atoms with Gasteiger partial charge in [0.15, 0.2) is 0 Å². The number of hydrogen-bond donors (Lipinski definition) is 2. The first-order chi connectivity index (χ1) is 12.3. The zero-order valence-electron chi connectivity index (χ0n) is 13.6. The predicted molar refractivity (Wildman–Crippen MR) is 90.7 cm³/mol. The van der Waals surface area contributed by atoms with E-state index in [1.54, 1.807) is 12.5 Å². The lowest BCUT2D eigenvalue weighted by molar-refractivity contribution is 0.323. The minimum atomic E-state index is -0.348. The van der Waals surface area contributed by atoms with Crippen LogP contribution < -0.4 is 5.32 Å². The Kier molecular flexibility index (Phi) is 4.34. The number of anilines is 2. The highest BCUT2D eigenvalue weighted by molar-refractivity contribution is 5.47. The van der Waals surface area contributed by atoms with Crippen LogP contribution in [0.15, 0.2) is 43.1 Å². The zero-order valence-corrected chi connectivity index (χ0v) is 13.6. The summed E-state index contributed by atoms with van der Waals surface area (Å²) in [6, 6.07) is 4.56. The zero-order chi connectivity index (χ0) is 17.1. The summed E-state index contributed by atoms with van der Waals surface area (Å²) < 4.78 is 13.3. The van der Waals surface area contributed by atoms with Gasteiger partial charge in [-0.15, -0.1) is 0 Å². The quantitative estimate of drug-likeness (QED) is 0.743. The first kappa shape index (κ1) is 15.6. The lowest BCUT2D eigenvalue weighted by atomic mass is 10.1. The number of pyridine rings is 1. The van der Waals surface area contributed by atoms with Crippen molar-refractivity contribution in [2.45, 2.75) is 18.9 Å². The monoisotopic (exact) mass is 339 g/mol. The van der Waals surface area contributed by atoms with Crippen molar-refractivity contribution < 1.29 is 4.39 Å². The summed E-state index contributed by atoms with van der Waals surface area (Å²) in [7, 11) is 0. The third kappa shape index (κ3) is 3.80. The van der Waals surface area contributed by atoms with Crippen molar-refractivity contribution >= 4 is 11.8 Å². The van der Waals surface area contributed by atoms with E-state index in [1.165, 1.54) is 18.3 Å². The van der Waals surface area contributed by atoms with Crippen LogP contribution in [-0.2, 0) is 6.54 Å². The second kappa shape index (κ2) is 6.94. The molecule has 4 heterocycles. The van der Waals surface area contributed by atoms with Gasteiger partial charge in [0.1, 0.15) is 11.6 Å². The molecule has 0 unspecified atom stereocenters. The van der Waals surface area contributed by atoms with E-state index in [1.807, 2.05) is 12.3 Å². The molecule has 0 aromatic carbocycles. The number of nitrogens with zero attached hydrogens (tertiary/aromatic N) is 5. The van der Waals surface area contributed by atoms with Crippen LogP contribution in [0.3, 0.4) is 0 Å². The highest BCUT2D eigenvalue weighted by atomic mass is 19.1. The Balaban J connectivity index is 1.43. The third-order valence-electron chi connectivity index (χ3n) is 4.28. The first-order valence-corrected chi connectivity index (χ1v) is 8.17. The van der Waals surface area contributed by atoms with Crippen LogP contribution in [-0.4, -0.2) is 42.9 Å². The van der Waals surface area contributed by atoms with Crippen LogP contribution in [0.4, 0.5) is 16.2 Å². The summed E-state index contributed by atoms with van der Waals surface area (Å²) in [4.78, 5) is 22.4. The Morgan fingerprint density at radius 2 is 2.20 bits per heavy atom. The smallest absolute Gasteiger partial charge is 0.228 e. The lowest BCUT2D eigenvalue weighted by Crippen LogP contribution is -2.20. The van der Waals surface area contributed by atoms with Crippen LogP contribution in [0.5, 0.6) is 0 Å². The van der Waals surface area contributed by atoms with Crippen molar-refractivity contribution in [2.24, 2.45) is 0 Å². The normalized spacial score (nSPS) is 17.7. The summed E-state index contributed by atoms with van der Waals surface area (Å²) in [6.07, 6.45) is 7.73. The van der Waals surface area contributed by atoms with Crippen LogP contribution in [0.2, 0.25) is 0 Å². The molecule has 1 aliphatic rings. The molecule has 128 valence electrons. The van der Waals surface area contributed by atoms with E-state index in [-0.39, 0.29) is 5.82 Å². The number of halogens is 1. The van der Waals surface area contributed by atoms with Crippen LogP contribution in [0.1, 0.15) is 23.7 Å². The third-order valence-corrected chi connectivity index (χ3v) is 4.28. The molecule has 8 heteroatoms. The predicted octanol–water partition coefficient (Wildman–Crippen LogP) is 2.47. The molecule has 2 N–H and O–H groups in total. The van der Waals surface area contributed by atoms with Crippen LogP contribution in [0.25, 0.3) is 0 Å². The maximum atomic E-state index is 13.3. The molecule has 0 radical (unpaired) electrons. The summed E-state index contributed by atoms with van der Waals surface area (Å²) in [6.45, 7) is 2.81. The molecule has 0 spiro atoms. The second-order valence-electron chi connectivity index (χ2n) is 6.09. The Morgan fingerprint density at radius 3 is 3.04 bits per heavy atom. The lowest BCUT2D eigenvalue weighted by Gasteiger charge is -2.15. The van der Waals surface area contributed by atoms with E-state index in [9.17, 15) is 4.39 Å². The summed E-state index contributed by atoms with van der Waals surface area (Å²) in [5.41, 5.74) is 2.10. The average Bonchev–Trinajstić information content (AvgIpc) is 3.28.